The second kappa shape index (κ2) is 6.31. The highest BCUT2D eigenvalue weighted by Crippen LogP contribution is 2.34. The summed E-state index contributed by atoms with van der Waals surface area (Å²) in [4.78, 5) is 27.5. The zero-order chi connectivity index (χ0) is 16.4. The fraction of sp³-hybridized carbons (Fsp3) is 0.688. The Morgan fingerprint density at radius 1 is 1.43 bits per heavy atom. The molecule has 2 heterocycles. The van der Waals surface area contributed by atoms with E-state index in [1.165, 1.54) is 36.8 Å². The lowest BCUT2D eigenvalue weighted by Crippen LogP contribution is -2.50. The molecule has 7 heteroatoms. The number of hydrogen-bond acceptors (Lipinski definition) is 4. The van der Waals surface area contributed by atoms with E-state index in [4.69, 9.17) is 5.11 Å². The van der Waals surface area contributed by atoms with E-state index in [9.17, 15) is 9.59 Å². The SMILES string of the molecule is Cc1cnc(NC[N+]2(CC3CC3)CCCC2)c(=O)n1CC(=O)O. The summed E-state index contributed by atoms with van der Waals surface area (Å²) in [6, 6.07) is 0. The number of nitrogens with zero attached hydrogens (tertiary/aromatic N) is 3. The van der Waals surface area contributed by atoms with Crippen LogP contribution in [-0.2, 0) is 11.3 Å². The van der Waals surface area contributed by atoms with E-state index in [2.05, 4.69) is 10.3 Å². The predicted molar refractivity (Wildman–Crippen MR) is 86.2 cm³/mol. The zero-order valence-corrected chi connectivity index (χ0v) is 13.6. The summed E-state index contributed by atoms with van der Waals surface area (Å²) >= 11 is 0. The van der Waals surface area contributed by atoms with Gasteiger partial charge in [-0.3, -0.25) is 14.2 Å². The van der Waals surface area contributed by atoms with Crippen molar-refractivity contribution in [3.05, 3.63) is 22.2 Å². The molecular weight excluding hydrogens is 296 g/mol. The number of rotatable bonds is 7. The third-order valence-electron chi connectivity index (χ3n) is 4.99. The van der Waals surface area contributed by atoms with Gasteiger partial charge in [0.25, 0.3) is 5.56 Å². The van der Waals surface area contributed by atoms with Gasteiger partial charge in [0.05, 0.1) is 19.6 Å². The number of aryl methyl sites for hydroxylation is 1. The molecule has 1 aromatic rings. The van der Waals surface area contributed by atoms with E-state index in [-0.39, 0.29) is 17.9 Å². The molecule has 0 aromatic carbocycles. The van der Waals surface area contributed by atoms with Gasteiger partial charge in [0.1, 0.15) is 6.54 Å². The van der Waals surface area contributed by atoms with Crippen molar-refractivity contribution >= 4 is 11.8 Å². The Morgan fingerprint density at radius 2 is 2.13 bits per heavy atom. The van der Waals surface area contributed by atoms with Crippen molar-refractivity contribution in [2.45, 2.75) is 39.2 Å². The second-order valence-electron chi connectivity index (χ2n) is 6.99. The molecule has 0 unspecified atom stereocenters. The van der Waals surface area contributed by atoms with Gasteiger partial charge < -0.3 is 14.9 Å². The number of quaternary nitrogens is 1. The predicted octanol–water partition coefficient (Wildman–Crippen LogP) is 1.03. The van der Waals surface area contributed by atoms with Gasteiger partial charge in [-0.25, -0.2) is 4.98 Å². The largest absolute Gasteiger partial charge is 0.480 e. The number of nitrogens with one attached hydrogen (secondary N) is 1. The van der Waals surface area contributed by atoms with Gasteiger partial charge in [0.15, 0.2) is 12.5 Å². The number of anilines is 1. The van der Waals surface area contributed by atoms with Gasteiger partial charge in [0.2, 0.25) is 0 Å². The quantitative estimate of drug-likeness (QED) is 0.733. The Morgan fingerprint density at radius 3 is 2.74 bits per heavy atom. The van der Waals surface area contributed by atoms with E-state index in [0.717, 1.165) is 23.5 Å². The van der Waals surface area contributed by atoms with Gasteiger partial charge in [-0.1, -0.05) is 0 Å². The van der Waals surface area contributed by atoms with Gasteiger partial charge in [-0.15, -0.1) is 0 Å². The first-order chi connectivity index (χ1) is 11.0. The summed E-state index contributed by atoms with van der Waals surface area (Å²) in [5, 5.41) is 12.2. The van der Waals surface area contributed by atoms with Crippen LogP contribution in [-0.4, -0.2) is 51.4 Å². The van der Waals surface area contributed by atoms with Gasteiger partial charge in [0, 0.05) is 30.7 Å². The van der Waals surface area contributed by atoms with E-state index in [1.807, 2.05) is 0 Å². The molecule has 0 atom stereocenters. The van der Waals surface area contributed by atoms with E-state index < -0.39 is 5.97 Å². The number of likely N-dealkylation sites (tertiary alicyclic amines) is 1. The lowest BCUT2D eigenvalue weighted by molar-refractivity contribution is -0.915. The Labute approximate surface area is 135 Å². The molecule has 1 saturated heterocycles. The average molecular weight is 321 g/mol. The minimum atomic E-state index is -1.02. The standard InChI is InChI=1S/C16H24N4O3/c1-12-8-17-15(16(23)19(12)9-14(21)22)18-11-20(6-2-3-7-20)10-13-4-5-13/h8,13H,2-7,9-11H2,1H3,(H-,17,18,21,22)/p+1. The highest BCUT2D eigenvalue weighted by Gasteiger charge is 2.38. The molecule has 1 saturated carbocycles. The second-order valence-corrected chi connectivity index (χ2v) is 6.99. The van der Waals surface area contributed by atoms with Crippen molar-refractivity contribution in [2.75, 3.05) is 31.6 Å². The summed E-state index contributed by atoms with van der Waals surface area (Å²) in [5.74, 6) is 0.0747. The van der Waals surface area contributed by atoms with Crippen LogP contribution in [0.25, 0.3) is 0 Å². The zero-order valence-electron chi connectivity index (χ0n) is 13.6. The van der Waals surface area contributed by atoms with Crippen molar-refractivity contribution in [3.8, 4) is 0 Å². The van der Waals surface area contributed by atoms with Crippen molar-refractivity contribution in [1.29, 1.82) is 0 Å². The monoisotopic (exact) mass is 321 g/mol. The topological polar surface area (TPSA) is 84.2 Å². The molecule has 2 N–H and O–H groups in total. The van der Waals surface area contributed by atoms with E-state index in [1.54, 1.807) is 13.1 Å². The summed E-state index contributed by atoms with van der Waals surface area (Å²) in [6.07, 6.45) is 6.68. The van der Waals surface area contributed by atoms with Crippen molar-refractivity contribution < 1.29 is 14.4 Å². The molecule has 1 aliphatic heterocycles. The minimum absolute atomic E-state index is 0.261. The molecule has 126 valence electrons. The fourth-order valence-electron chi connectivity index (χ4n) is 3.53. The molecule has 23 heavy (non-hydrogen) atoms. The lowest BCUT2D eigenvalue weighted by atomic mass is 10.3. The molecule has 1 aliphatic carbocycles. The van der Waals surface area contributed by atoms with Crippen LogP contribution in [0, 0.1) is 12.8 Å². The molecule has 0 amide bonds. The van der Waals surface area contributed by atoms with Crippen LogP contribution in [0.4, 0.5) is 5.82 Å². The first-order valence-electron chi connectivity index (χ1n) is 8.36. The lowest BCUT2D eigenvalue weighted by Gasteiger charge is -2.34. The Balaban J connectivity index is 1.74. The van der Waals surface area contributed by atoms with Gasteiger partial charge >= 0.3 is 5.97 Å². The molecule has 7 nitrogen and oxygen atoms in total. The fourth-order valence-corrected chi connectivity index (χ4v) is 3.53. The number of carbonyl (C=O) groups is 1. The molecule has 0 radical (unpaired) electrons. The number of aromatic nitrogens is 2. The normalized spacial score (nSPS) is 19.7. The Hall–Kier alpha value is -1.89. The molecule has 2 fully saturated rings. The van der Waals surface area contributed by atoms with Crippen molar-refractivity contribution in [2.24, 2.45) is 5.92 Å². The maximum absolute atomic E-state index is 12.4. The summed E-state index contributed by atoms with van der Waals surface area (Å²) in [7, 11) is 0. The highest BCUT2D eigenvalue weighted by atomic mass is 16.4. The van der Waals surface area contributed by atoms with Crippen LogP contribution >= 0.6 is 0 Å². The summed E-state index contributed by atoms with van der Waals surface area (Å²) < 4.78 is 2.27. The molecular formula is C16H25N4O3+. The third kappa shape index (κ3) is 3.72. The first kappa shape index (κ1) is 16.0. The third-order valence-corrected chi connectivity index (χ3v) is 4.99. The number of hydrogen-bond donors (Lipinski definition) is 2. The van der Waals surface area contributed by atoms with E-state index in [0.29, 0.717) is 12.4 Å². The number of aliphatic carboxylic acids is 1. The van der Waals surface area contributed by atoms with E-state index >= 15 is 0 Å². The van der Waals surface area contributed by atoms with Crippen molar-refractivity contribution in [1.82, 2.24) is 9.55 Å². The van der Waals surface area contributed by atoms with Crippen LogP contribution in [0.15, 0.2) is 11.0 Å². The summed E-state index contributed by atoms with van der Waals surface area (Å²) in [6.45, 7) is 5.56. The van der Waals surface area contributed by atoms with Crippen molar-refractivity contribution in [3.63, 3.8) is 0 Å². The number of carboxylic acids is 1. The molecule has 3 rings (SSSR count). The minimum Gasteiger partial charge on any atom is -0.480 e. The molecule has 0 bridgehead atoms. The maximum atomic E-state index is 12.4. The van der Waals surface area contributed by atoms with Crippen LogP contribution in [0.1, 0.15) is 31.4 Å². The van der Waals surface area contributed by atoms with Crippen LogP contribution in [0.3, 0.4) is 0 Å². The number of carboxylic acid groups (broad SMARTS) is 1. The Bertz CT molecular complexity index is 645. The van der Waals surface area contributed by atoms with Crippen LogP contribution < -0.4 is 10.9 Å². The molecule has 0 spiro atoms. The Kier molecular flexibility index (Phi) is 4.39. The van der Waals surface area contributed by atoms with Gasteiger partial charge in [-0.05, 0) is 19.8 Å². The first-order valence-corrected chi connectivity index (χ1v) is 8.36. The average Bonchev–Trinajstić information content (AvgIpc) is 3.19. The van der Waals surface area contributed by atoms with Crippen LogP contribution in [0.5, 0.6) is 0 Å². The molecule has 2 aliphatic rings. The van der Waals surface area contributed by atoms with Crippen LogP contribution in [0.2, 0.25) is 0 Å². The molecule has 1 aromatic heterocycles. The highest BCUT2D eigenvalue weighted by molar-refractivity contribution is 5.66. The van der Waals surface area contributed by atoms with Gasteiger partial charge in [-0.2, -0.15) is 0 Å². The maximum Gasteiger partial charge on any atom is 0.323 e. The smallest absolute Gasteiger partial charge is 0.323 e. The summed E-state index contributed by atoms with van der Waals surface area (Å²) in [5.41, 5.74) is 0.210.